The molecule has 0 saturated heterocycles. The van der Waals surface area contributed by atoms with E-state index < -0.39 is 0 Å². The first-order valence-corrected chi connectivity index (χ1v) is 10.0. The molecule has 31 heavy (non-hydrogen) atoms. The highest BCUT2D eigenvalue weighted by molar-refractivity contribution is 5.78. The van der Waals surface area contributed by atoms with Crippen LogP contribution in [0.15, 0.2) is 85.2 Å². The molecule has 0 bridgehead atoms. The normalized spacial score (nSPS) is 14.9. The van der Waals surface area contributed by atoms with Crippen molar-refractivity contribution in [2.45, 2.75) is 6.04 Å². The van der Waals surface area contributed by atoms with Gasteiger partial charge in [0.25, 0.3) is 0 Å². The molecule has 1 aliphatic rings. The molecule has 6 nitrogen and oxygen atoms in total. The van der Waals surface area contributed by atoms with Gasteiger partial charge in [0.1, 0.15) is 12.4 Å². The molecule has 0 radical (unpaired) electrons. The molecule has 0 aliphatic carbocycles. The number of benzene rings is 3. The Morgan fingerprint density at radius 1 is 0.806 bits per heavy atom. The first-order chi connectivity index (χ1) is 15.3. The van der Waals surface area contributed by atoms with Crippen molar-refractivity contribution in [2.24, 2.45) is 0 Å². The lowest BCUT2D eigenvalue weighted by Crippen LogP contribution is -2.20. The standard InChI is InChI=1S/C25H22N4O2/c1-30-23-13-12-20(14-24(23)31-2)22-15-21(28-25-26-16-27-29(22)25)19-10-8-18(9-11-19)17-6-4-3-5-7-17/h3-16,22H,1-2H3,(H,26,27,28)/t22-/m1/s1. The van der Waals surface area contributed by atoms with E-state index in [0.29, 0.717) is 17.4 Å². The monoisotopic (exact) mass is 410 g/mol. The molecule has 1 aliphatic heterocycles. The van der Waals surface area contributed by atoms with Crippen LogP contribution in [-0.2, 0) is 0 Å². The number of aromatic nitrogens is 3. The number of hydrogen-bond donors (Lipinski definition) is 1. The number of ether oxygens (including phenoxy) is 2. The van der Waals surface area contributed by atoms with Crippen LogP contribution >= 0.6 is 0 Å². The minimum Gasteiger partial charge on any atom is -0.493 e. The van der Waals surface area contributed by atoms with Crippen LogP contribution in [0.5, 0.6) is 11.5 Å². The van der Waals surface area contributed by atoms with E-state index in [1.165, 1.54) is 11.1 Å². The molecule has 0 spiro atoms. The molecule has 0 amide bonds. The molecule has 5 rings (SSSR count). The van der Waals surface area contributed by atoms with E-state index in [1.54, 1.807) is 20.5 Å². The third-order valence-electron chi connectivity index (χ3n) is 5.46. The van der Waals surface area contributed by atoms with E-state index in [1.807, 2.05) is 28.9 Å². The number of anilines is 1. The summed E-state index contributed by atoms with van der Waals surface area (Å²) >= 11 is 0. The Morgan fingerprint density at radius 3 is 2.26 bits per heavy atom. The SMILES string of the molecule is COc1ccc([C@H]2C=C(c3ccc(-c4ccccc4)cc3)Nc3ncnn32)cc1OC. The van der Waals surface area contributed by atoms with Crippen molar-refractivity contribution in [3.05, 3.63) is 96.3 Å². The van der Waals surface area contributed by atoms with Gasteiger partial charge in [0.15, 0.2) is 11.5 Å². The molecule has 1 N–H and O–H groups in total. The van der Waals surface area contributed by atoms with Crippen molar-refractivity contribution in [3.63, 3.8) is 0 Å². The molecule has 0 unspecified atom stereocenters. The van der Waals surface area contributed by atoms with Crippen LogP contribution in [0, 0.1) is 0 Å². The zero-order valence-electron chi connectivity index (χ0n) is 17.3. The fourth-order valence-corrected chi connectivity index (χ4v) is 3.85. The van der Waals surface area contributed by atoms with Crippen molar-refractivity contribution < 1.29 is 9.47 Å². The largest absolute Gasteiger partial charge is 0.493 e. The first kappa shape index (κ1) is 18.9. The smallest absolute Gasteiger partial charge is 0.226 e. The number of nitrogens with one attached hydrogen (secondary N) is 1. The summed E-state index contributed by atoms with van der Waals surface area (Å²) in [6.07, 6.45) is 3.71. The minimum absolute atomic E-state index is 0.123. The lowest BCUT2D eigenvalue weighted by Gasteiger charge is -2.25. The van der Waals surface area contributed by atoms with E-state index in [2.05, 4.69) is 70.0 Å². The number of methoxy groups -OCH3 is 2. The lowest BCUT2D eigenvalue weighted by atomic mass is 9.99. The number of nitrogens with zero attached hydrogens (tertiary/aromatic N) is 3. The Balaban J connectivity index is 1.52. The van der Waals surface area contributed by atoms with Gasteiger partial charge < -0.3 is 14.8 Å². The Bertz CT molecular complexity index is 1230. The van der Waals surface area contributed by atoms with Crippen molar-refractivity contribution in [1.29, 1.82) is 0 Å². The van der Waals surface area contributed by atoms with Crippen LogP contribution in [0.4, 0.5) is 5.95 Å². The fraction of sp³-hybridized carbons (Fsp3) is 0.120. The van der Waals surface area contributed by atoms with Crippen molar-refractivity contribution >= 4 is 11.6 Å². The van der Waals surface area contributed by atoms with E-state index in [9.17, 15) is 0 Å². The summed E-state index contributed by atoms with van der Waals surface area (Å²) in [6, 6.07) is 24.7. The topological polar surface area (TPSA) is 61.2 Å². The van der Waals surface area contributed by atoms with Gasteiger partial charge in [0.05, 0.1) is 14.2 Å². The van der Waals surface area contributed by atoms with E-state index in [-0.39, 0.29) is 6.04 Å². The highest BCUT2D eigenvalue weighted by Crippen LogP contribution is 2.36. The maximum absolute atomic E-state index is 5.50. The highest BCUT2D eigenvalue weighted by Gasteiger charge is 2.24. The van der Waals surface area contributed by atoms with E-state index in [4.69, 9.17) is 9.47 Å². The first-order valence-electron chi connectivity index (χ1n) is 10.0. The fourth-order valence-electron chi connectivity index (χ4n) is 3.85. The van der Waals surface area contributed by atoms with E-state index in [0.717, 1.165) is 16.8 Å². The molecule has 0 fully saturated rings. The van der Waals surface area contributed by atoms with Crippen LogP contribution in [0.2, 0.25) is 0 Å². The summed E-state index contributed by atoms with van der Waals surface area (Å²) in [5, 5.41) is 7.82. The summed E-state index contributed by atoms with van der Waals surface area (Å²) in [4.78, 5) is 4.39. The van der Waals surface area contributed by atoms with E-state index >= 15 is 0 Å². The molecule has 3 aromatic carbocycles. The second kappa shape index (κ2) is 7.99. The van der Waals surface area contributed by atoms with Gasteiger partial charge in [-0.3, -0.25) is 0 Å². The van der Waals surface area contributed by atoms with Gasteiger partial charge in [-0.1, -0.05) is 60.7 Å². The predicted octanol–water partition coefficient (Wildman–Crippen LogP) is 5.02. The maximum Gasteiger partial charge on any atom is 0.226 e. The van der Waals surface area contributed by atoms with Crippen molar-refractivity contribution in [3.8, 4) is 22.6 Å². The Labute approximate surface area is 180 Å². The van der Waals surface area contributed by atoms with Gasteiger partial charge in [-0.25, -0.2) is 4.68 Å². The molecular formula is C25H22N4O2. The number of rotatable bonds is 5. The summed E-state index contributed by atoms with van der Waals surface area (Å²) < 4.78 is 12.7. The Morgan fingerprint density at radius 2 is 1.52 bits per heavy atom. The second-order valence-electron chi connectivity index (χ2n) is 7.24. The molecule has 2 heterocycles. The third kappa shape index (κ3) is 3.53. The molecule has 4 aromatic rings. The number of allylic oxidation sites excluding steroid dienone is 1. The molecule has 6 heteroatoms. The lowest BCUT2D eigenvalue weighted by molar-refractivity contribution is 0.354. The van der Waals surface area contributed by atoms with Crippen LogP contribution in [-0.4, -0.2) is 29.0 Å². The van der Waals surface area contributed by atoms with Gasteiger partial charge in [0, 0.05) is 5.70 Å². The average molecular weight is 410 g/mol. The second-order valence-corrected chi connectivity index (χ2v) is 7.24. The summed E-state index contributed by atoms with van der Waals surface area (Å²) in [5.41, 5.74) is 5.48. The van der Waals surface area contributed by atoms with Gasteiger partial charge in [0.2, 0.25) is 5.95 Å². The molecule has 0 saturated carbocycles. The molecular weight excluding hydrogens is 388 g/mol. The summed E-state index contributed by atoms with van der Waals surface area (Å²) in [5.74, 6) is 2.08. The highest BCUT2D eigenvalue weighted by atomic mass is 16.5. The van der Waals surface area contributed by atoms with Gasteiger partial charge in [-0.2, -0.15) is 10.1 Å². The average Bonchev–Trinajstić information content (AvgIpc) is 3.32. The predicted molar refractivity (Wildman–Crippen MR) is 121 cm³/mol. The van der Waals surface area contributed by atoms with Gasteiger partial charge >= 0.3 is 0 Å². The Kier molecular flexibility index (Phi) is 4.88. The van der Waals surface area contributed by atoms with Crippen LogP contribution in [0.3, 0.4) is 0 Å². The zero-order chi connectivity index (χ0) is 21.2. The van der Waals surface area contributed by atoms with Crippen LogP contribution in [0.25, 0.3) is 16.8 Å². The molecule has 154 valence electrons. The van der Waals surface area contributed by atoms with Crippen molar-refractivity contribution in [2.75, 3.05) is 19.5 Å². The van der Waals surface area contributed by atoms with Crippen molar-refractivity contribution in [1.82, 2.24) is 14.8 Å². The quantitative estimate of drug-likeness (QED) is 0.501. The third-order valence-corrected chi connectivity index (χ3v) is 5.46. The maximum atomic E-state index is 5.50. The summed E-state index contributed by atoms with van der Waals surface area (Å²) in [6.45, 7) is 0. The minimum atomic E-state index is -0.123. The molecule has 1 aromatic heterocycles. The summed E-state index contributed by atoms with van der Waals surface area (Å²) in [7, 11) is 3.27. The van der Waals surface area contributed by atoms with Gasteiger partial charge in [-0.05, 0) is 40.5 Å². The van der Waals surface area contributed by atoms with Crippen LogP contribution < -0.4 is 14.8 Å². The number of fused-ring (bicyclic) bond motifs is 1. The number of hydrogen-bond acceptors (Lipinski definition) is 5. The Hall–Kier alpha value is -4.06. The van der Waals surface area contributed by atoms with Crippen LogP contribution in [0.1, 0.15) is 17.2 Å². The van der Waals surface area contributed by atoms with Gasteiger partial charge in [-0.15, -0.1) is 0 Å². The zero-order valence-corrected chi connectivity index (χ0v) is 17.3. The molecule has 1 atom stereocenters.